The smallest absolute Gasteiger partial charge is 0.0911 e. The van der Waals surface area contributed by atoms with E-state index in [4.69, 9.17) is 23.2 Å². The minimum atomic E-state index is -0.982. The van der Waals surface area contributed by atoms with Gasteiger partial charge in [-0.15, -0.1) is 0 Å². The minimum Gasteiger partial charge on any atom is -0.385 e. The molecule has 0 saturated carbocycles. The Morgan fingerprint density at radius 1 is 1.05 bits per heavy atom. The molecule has 1 nitrogen and oxygen atoms in total. The van der Waals surface area contributed by atoms with Crippen molar-refractivity contribution in [3.63, 3.8) is 0 Å². The maximum atomic E-state index is 10.9. The number of hydrogen-bond donors (Lipinski definition) is 1. The van der Waals surface area contributed by atoms with E-state index < -0.39 is 5.60 Å². The first-order valence-corrected chi connectivity index (χ1v) is 7.29. The van der Waals surface area contributed by atoms with Gasteiger partial charge in [0.15, 0.2) is 0 Å². The largest absolute Gasteiger partial charge is 0.385 e. The molecule has 0 aliphatic rings. The third-order valence-corrected chi connectivity index (χ3v) is 4.12. The average Bonchev–Trinajstić information content (AvgIpc) is 2.36. The molecule has 0 aliphatic heterocycles. The Kier molecular flexibility index (Phi) is 4.43. The number of benzene rings is 2. The van der Waals surface area contributed by atoms with Crippen LogP contribution in [0.4, 0.5) is 0 Å². The van der Waals surface area contributed by atoms with Crippen LogP contribution in [0.2, 0.25) is 10.0 Å². The van der Waals surface area contributed by atoms with E-state index in [1.165, 1.54) is 0 Å². The summed E-state index contributed by atoms with van der Waals surface area (Å²) in [6.07, 6.45) is 0.427. The topological polar surface area (TPSA) is 20.2 Å². The lowest BCUT2D eigenvalue weighted by Crippen LogP contribution is -2.25. The molecule has 2 aromatic rings. The van der Waals surface area contributed by atoms with E-state index in [0.717, 1.165) is 22.3 Å². The normalized spacial score (nSPS) is 14.1. The van der Waals surface area contributed by atoms with Gasteiger partial charge in [-0.1, -0.05) is 47.0 Å². The fourth-order valence-electron chi connectivity index (χ4n) is 2.46. The van der Waals surface area contributed by atoms with Gasteiger partial charge in [0.1, 0.15) is 0 Å². The third-order valence-electron chi connectivity index (χ3n) is 3.52. The van der Waals surface area contributed by atoms with Gasteiger partial charge in [0.2, 0.25) is 0 Å². The highest BCUT2D eigenvalue weighted by Crippen LogP contribution is 2.32. The van der Waals surface area contributed by atoms with Gasteiger partial charge in [0, 0.05) is 16.5 Å². The summed E-state index contributed by atoms with van der Waals surface area (Å²) in [5, 5.41) is 12.1. The summed E-state index contributed by atoms with van der Waals surface area (Å²) in [4.78, 5) is 0. The monoisotopic (exact) mass is 308 g/mol. The van der Waals surface area contributed by atoms with Crippen LogP contribution in [-0.4, -0.2) is 5.11 Å². The summed E-state index contributed by atoms with van der Waals surface area (Å²) in [5.74, 6) is 0. The van der Waals surface area contributed by atoms with Crippen LogP contribution in [0.25, 0.3) is 0 Å². The summed E-state index contributed by atoms with van der Waals surface area (Å²) < 4.78 is 0. The van der Waals surface area contributed by atoms with E-state index >= 15 is 0 Å². The second-order valence-corrected chi connectivity index (χ2v) is 6.35. The summed E-state index contributed by atoms with van der Waals surface area (Å²) >= 11 is 12.2. The zero-order chi connectivity index (χ0) is 14.9. The van der Waals surface area contributed by atoms with Crippen molar-refractivity contribution in [2.75, 3.05) is 0 Å². The molecule has 0 fully saturated rings. The molecule has 20 heavy (non-hydrogen) atoms. The maximum Gasteiger partial charge on any atom is 0.0911 e. The van der Waals surface area contributed by atoms with Crippen molar-refractivity contribution in [1.82, 2.24) is 0 Å². The Hall–Kier alpha value is -1.02. The van der Waals surface area contributed by atoms with Crippen molar-refractivity contribution in [2.24, 2.45) is 0 Å². The Morgan fingerprint density at radius 3 is 2.45 bits per heavy atom. The SMILES string of the molecule is Cc1ccc(C)c(C(C)(O)Cc2cc(Cl)ccc2Cl)c1. The molecule has 1 unspecified atom stereocenters. The van der Waals surface area contributed by atoms with Gasteiger partial charge in [0.05, 0.1) is 5.60 Å². The summed E-state index contributed by atoms with van der Waals surface area (Å²) in [6, 6.07) is 11.4. The highest BCUT2D eigenvalue weighted by Gasteiger charge is 2.26. The molecule has 0 aromatic heterocycles. The second kappa shape index (κ2) is 5.77. The summed E-state index contributed by atoms with van der Waals surface area (Å²) in [6.45, 7) is 5.83. The van der Waals surface area contributed by atoms with E-state index in [0.29, 0.717) is 16.5 Å². The molecule has 0 saturated heterocycles. The molecule has 1 N–H and O–H groups in total. The molecule has 0 radical (unpaired) electrons. The van der Waals surface area contributed by atoms with E-state index in [-0.39, 0.29) is 0 Å². The first-order chi connectivity index (χ1) is 9.29. The van der Waals surface area contributed by atoms with E-state index in [1.807, 2.05) is 45.0 Å². The molecule has 1 atom stereocenters. The molecule has 0 aliphatic carbocycles. The highest BCUT2D eigenvalue weighted by molar-refractivity contribution is 6.33. The second-order valence-electron chi connectivity index (χ2n) is 5.50. The lowest BCUT2D eigenvalue weighted by atomic mass is 9.85. The van der Waals surface area contributed by atoms with Crippen molar-refractivity contribution in [3.8, 4) is 0 Å². The van der Waals surface area contributed by atoms with Crippen molar-refractivity contribution in [1.29, 1.82) is 0 Å². The standard InChI is InChI=1S/C17H18Cl2O/c1-11-4-5-12(2)15(8-11)17(3,20)10-13-9-14(18)6-7-16(13)19/h4-9,20H,10H2,1-3H3. The third kappa shape index (κ3) is 3.35. The molecule has 2 rings (SSSR count). The number of rotatable bonds is 3. The molecule has 106 valence electrons. The van der Waals surface area contributed by atoms with Gasteiger partial charge in [-0.2, -0.15) is 0 Å². The lowest BCUT2D eigenvalue weighted by molar-refractivity contribution is 0.0569. The molecule has 0 spiro atoms. The van der Waals surface area contributed by atoms with Crippen LogP contribution >= 0.6 is 23.2 Å². The van der Waals surface area contributed by atoms with E-state index in [9.17, 15) is 5.11 Å². The molecule has 2 aromatic carbocycles. The lowest BCUT2D eigenvalue weighted by Gasteiger charge is -2.27. The number of aryl methyl sites for hydroxylation is 2. The van der Waals surface area contributed by atoms with Crippen molar-refractivity contribution >= 4 is 23.2 Å². The van der Waals surface area contributed by atoms with Crippen molar-refractivity contribution in [3.05, 3.63) is 68.7 Å². The predicted octanol–water partition coefficient (Wildman–Crippen LogP) is 5.06. The quantitative estimate of drug-likeness (QED) is 0.840. The van der Waals surface area contributed by atoms with Crippen LogP contribution < -0.4 is 0 Å². The van der Waals surface area contributed by atoms with Gasteiger partial charge in [-0.05, 0) is 55.7 Å². The van der Waals surface area contributed by atoms with Crippen LogP contribution in [0.1, 0.15) is 29.2 Å². The first-order valence-electron chi connectivity index (χ1n) is 6.53. The minimum absolute atomic E-state index is 0.427. The average molecular weight is 309 g/mol. The summed E-state index contributed by atoms with van der Waals surface area (Å²) in [5.41, 5.74) is 2.99. The number of halogens is 2. The fraction of sp³-hybridized carbons (Fsp3) is 0.294. The van der Waals surface area contributed by atoms with Gasteiger partial charge in [0.25, 0.3) is 0 Å². The molecular formula is C17H18Cl2O. The van der Waals surface area contributed by atoms with Crippen LogP contribution in [0, 0.1) is 13.8 Å². The van der Waals surface area contributed by atoms with Crippen molar-refractivity contribution in [2.45, 2.75) is 32.8 Å². The number of hydrogen-bond acceptors (Lipinski definition) is 1. The van der Waals surface area contributed by atoms with Gasteiger partial charge >= 0.3 is 0 Å². The highest BCUT2D eigenvalue weighted by atomic mass is 35.5. The molecule has 0 heterocycles. The molecule has 0 amide bonds. The Labute approximate surface area is 130 Å². The first kappa shape index (κ1) is 15.4. The van der Waals surface area contributed by atoms with Crippen LogP contribution in [0.5, 0.6) is 0 Å². The van der Waals surface area contributed by atoms with Crippen LogP contribution in [0.15, 0.2) is 36.4 Å². The Bertz CT molecular complexity index is 633. The van der Waals surface area contributed by atoms with Crippen LogP contribution in [0.3, 0.4) is 0 Å². The zero-order valence-electron chi connectivity index (χ0n) is 11.9. The van der Waals surface area contributed by atoms with Gasteiger partial charge < -0.3 is 5.11 Å². The van der Waals surface area contributed by atoms with E-state index in [1.54, 1.807) is 12.1 Å². The molecule has 0 bridgehead atoms. The van der Waals surface area contributed by atoms with Gasteiger partial charge in [-0.25, -0.2) is 0 Å². The molecular weight excluding hydrogens is 291 g/mol. The fourth-order valence-corrected chi connectivity index (χ4v) is 2.84. The molecule has 3 heteroatoms. The summed E-state index contributed by atoms with van der Waals surface area (Å²) in [7, 11) is 0. The maximum absolute atomic E-state index is 10.9. The van der Waals surface area contributed by atoms with Crippen molar-refractivity contribution < 1.29 is 5.11 Å². The number of aliphatic hydroxyl groups is 1. The zero-order valence-corrected chi connectivity index (χ0v) is 13.4. The van der Waals surface area contributed by atoms with Crippen LogP contribution in [-0.2, 0) is 12.0 Å². The van der Waals surface area contributed by atoms with Gasteiger partial charge in [-0.3, -0.25) is 0 Å². The predicted molar refractivity (Wildman–Crippen MR) is 85.7 cm³/mol. The van der Waals surface area contributed by atoms with E-state index in [2.05, 4.69) is 0 Å². The Morgan fingerprint density at radius 2 is 1.75 bits per heavy atom. The Balaban J connectivity index is 2.40.